The minimum absolute atomic E-state index is 0.150. The molecule has 0 amide bonds. The first-order valence-corrected chi connectivity index (χ1v) is 6.42. The van der Waals surface area contributed by atoms with Crippen LogP contribution in [0.1, 0.15) is 57.8 Å². The van der Waals surface area contributed by atoms with E-state index in [9.17, 15) is 5.26 Å². The zero-order valence-electron chi connectivity index (χ0n) is 10.8. The highest BCUT2D eigenvalue weighted by Crippen LogP contribution is 2.41. The van der Waals surface area contributed by atoms with Gasteiger partial charge in [0, 0.05) is 5.41 Å². The molecule has 1 aliphatic carbocycles. The highest BCUT2D eigenvalue weighted by atomic mass is 35.5. The summed E-state index contributed by atoms with van der Waals surface area (Å²) in [7, 11) is 0. The number of aromatic nitrogens is 2. The van der Waals surface area contributed by atoms with Gasteiger partial charge in [-0.25, -0.2) is 4.68 Å². The van der Waals surface area contributed by atoms with E-state index in [1.807, 2.05) is 4.68 Å². The van der Waals surface area contributed by atoms with Gasteiger partial charge in [0.1, 0.15) is 16.8 Å². The fourth-order valence-corrected chi connectivity index (χ4v) is 2.41. The zero-order valence-corrected chi connectivity index (χ0v) is 11.5. The molecule has 92 valence electrons. The minimum Gasteiger partial charge on any atom is -0.249 e. The van der Waals surface area contributed by atoms with Gasteiger partial charge >= 0.3 is 0 Å². The maximum Gasteiger partial charge on any atom is 0.145 e. The fourth-order valence-electron chi connectivity index (χ4n) is 2.09. The molecule has 0 bridgehead atoms. The molecule has 1 aliphatic rings. The van der Waals surface area contributed by atoms with Crippen LogP contribution < -0.4 is 0 Å². The van der Waals surface area contributed by atoms with Crippen molar-refractivity contribution in [2.45, 2.75) is 52.0 Å². The molecular weight excluding hydrogens is 234 g/mol. The van der Waals surface area contributed by atoms with Gasteiger partial charge in [0.15, 0.2) is 0 Å². The molecule has 1 atom stereocenters. The molecule has 2 rings (SSSR count). The molecule has 1 fully saturated rings. The fraction of sp³-hybridized carbons (Fsp3) is 0.692. The standard InChI is InChI=1S/C13H18ClN3/c1-8(9-5-6-9)17-12(14)10(7-15)11(16-17)13(2,3)4/h8-9H,5-6H2,1-4H3. The van der Waals surface area contributed by atoms with E-state index in [0.717, 1.165) is 5.69 Å². The Labute approximate surface area is 107 Å². The van der Waals surface area contributed by atoms with Crippen molar-refractivity contribution in [3.63, 3.8) is 0 Å². The Bertz CT molecular complexity index is 472. The highest BCUT2D eigenvalue weighted by molar-refractivity contribution is 6.30. The summed E-state index contributed by atoms with van der Waals surface area (Å²) in [6.45, 7) is 8.29. The van der Waals surface area contributed by atoms with Gasteiger partial charge in [-0.2, -0.15) is 10.4 Å². The van der Waals surface area contributed by atoms with Crippen LogP contribution in [0.15, 0.2) is 0 Å². The quantitative estimate of drug-likeness (QED) is 0.805. The number of nitriles is 1. The molecular formula is C13H18ClN3. The second-order valence-corrected chi connectivity index (χ2v) is 6.26. The van der Waals surface area contributed by atoms with E-state index in [1.165, 1.54) is 12.8 Å². The highest BCUT2D eigenvalue weighted by Gasteiger charge is 2.34. The number of hydrogen-bond donors (Lipinski definition) is 0. The SMILES string of the molecule is CC(C1CC1)n1nc(C(C)(C)C)c(C#N)c1Cl. The van der Waals surface area contributed by atoms with Crippen molar-refractivity contribution in [2.24, 2.45) is 5.92 Å². The lowest BCUT2D eigenvalue weighted by Gasteiger charge is -2.16. The summed E-state index contributed by atoms with van der Waals surface area (Å²) in [5.74, 6) is 0.673. The molecule has 0 saturated heterocycles. The lowest BCUT2D eigenvalue weighted by molar-refractivity contribution is 0.427. The van der Waals surface area contributed by atoms with E-state index in [0.29, 0.717) is 22.7 Å². The molecule has 1 unspecified atom stereocenters. The Morgan fingerprint density at radius 3 is 2.41 bits per heavy atom. The predicted octanol–water partition coefficient (Wildman–Crippen LogP) is 3.68. The maximum atomic E-state index is 9.22. The third kappa shape index (κ3) is 2.19. The van der Waals surface area contributed by atoms with Crippen LogP contribution in [0.5, 0.6) is 0 Å². The Kier molecular flexibility index (Phi) is 2.95. The second kappa shape index (κ2) is 4.03. The average molecular weight is 252 g/mol. The maximum absolute atomic E-state index is 9.22. The molecule has 0 aromatic carbocycles. The van der Waals surface area contributed by atoms with Crippen LogP contribution >= 0.6 is 11.6 Å². The van der Waals surface area contributed by atoms with Crippen LogP contribution in [0.25, 0.3) is 0 Å². The van der Waals surface area contributed by atoms with Crippen molar-refractivity contribution in [3.8, 4) is 6.07 Å². The molecule has 3 nitrogen and oxygen atoms in total. The van der Waals surface area contributed by atoms with Crippen LogP contribution in [-0.2, 0) is 5.41 Å². The van der Waals surface area contributed by atoms with Crippen molar-refractivity contribution in [2.75, 3.05) is 0 Å². The lowest BCUT2D eigenvalue weighted by atomic mass is 9.90. The van der Waals surface area contributed by atoms with Gasteiger partial charge in [0.05, 0.1) is 11.7 Å². The van der Waals surface area contributed by atoms with Gasteiger partial charge in [-0.3, -0.25) is 0 Å². The van der Waals surface area contributed by atoms with Crippen LogP contribution in [0.2, 0.25) is 5.15 Å². The number of halogens is 1. The van der Waals surface area contributed by atoms with Gasteiger partial charge in [-0.15, -0.1) is 0 Å². The lowest BCUT2D eigenvalue weighted by Crippen LogP contribution is -2.15. The summed E-state index contributed by atoms with van der Waals surface area (Å²) in [4.78, 5) is 0. The van der Waals surface area contributed by atoms with Crippen molar-refractivity contribution < 1.29 is 0 Å². The molecule has 0 aliphatic heterocycles. The molecule has 1 heterocycles. The summed E-state index contributed by atoms with van der Waals surface area (Å²) in [5.41, 5.74) is 1.19. The number of rotatable bonds is 2. The van der Waals surface area contributed by atoms with E-state index in [-0.39, 0.29) is 5.41 Å². The zero-order chi connectivity index (χ0) is 12.8. The van der Waals surface area contributed by atoms with Crippen molar-refractivity contribution >= 4 is 11.6 Å². The Balaban J connectivity index is 2.49. The van der Waals surface area contributed by atoms with Gasteiger partial charge in [-0.1, -0.05) is 32.4 Å². The molecule has 4 heteroatoms. The first-order valence-electron chi connectivity index (χ1n) is 6.05. The molecule has 1 aromatic heterocycles. The van der Waals surface area contributed by atoms with E-state index >= 15 is 0 Å². The average Bonchev–Trinajstić information content (AvgIpc) is 3.00. The molecule has 17 heavy (non-hydrogen) atoms. The van der Waals surface area contributed by atoms with Gasteiger partial charge < -0.3 is 0 Å². The molecule has 0 N–H and O–H groups in total. The Hall–Kier alpha value is -1.01. The van der Waals surface area contributed by atoms with E-state index in [1.54, 1.807) is 0 Å². The first-order chi connectivity index (χ1) is 7.86. The normalized spacial score (nSPS) is 17.9. The Morgan fingerprint density at radius 2 is 2.06 bits per heavy atom. The molecule has 0 spiro atoms. The van der Waals surface area contributed by atoms with Gasteiger partial charge in [0.2, 0.25) is 0 Å². The van der Waals surface area contributed by atoms with Crippen LogP contribution in [0.3, 0.4) is 0 Å². The predicted molar refractivity (Wildman–Crippen MR) is 68.1 cm³/mol. The van der Waals surface area contributed by atoms with Crippen LogP contribution in [-0.4, -0.2) is 9.78 Å². The monoisotopic (exact) mass is 251 g/mol. The third-order valence-electron chi connectivity index (χ3n) is 3.36. The topological polar surface area (TPSA) is 41.6 Å². The smallest absolute Gasteiger partial charge is 0.145 e. The van der Waals surface area contributed by atoms with Crippen molar-refractivity contribution in [1.82, 2.24) is 9.78 Å². The Morgan fingerprint density at radius 1 is 1.47 bits per heavy atom. The van der Waals surface area contributed by atoms with E-state index in [2.05, 4.69) is 38.9 Å². The molecule has 1 saturated carbocycles. The summed E-state index contributed by atoms with van der Waals surface area (Å²) in [5, 5.41) is 14.3. The van der Waals surface area contributed by atoms with Crippen molar-refractivity contribution in [3.05, 3.63) is 16.4 Å². The van der Waals surface area contributed by atoms with E-state index in [4.69, 9.17) is 11.6 Å². The summed E-state index contributed by atoms with van der Waals surface area (Å²) in [6.07, 6.45) is 2.48. The minimum atomic E-state index is -0.150. The molecule has 1 aromatic rings. The largest absolute Gasteiger partial charge is 0.249 e. The van der Waals surface area contributed by atoms with Crippen LogP contribution in [0, 0.1) is 17.2 Å². The third-order valence-corrected chi connectivity index (χ3v) is 3.73. The van der Waals surface area contributed by atoms with E-state index < -0.39 is 0 Å². The van der Waals surface area contributed by atoms with Crippen LogP contribution in [0.4, 0.5) is 0 Å². The molecule has 0 radical (unpaired) electrons. The number of nitrogens with zero attached hydrogens (tertiary/aromatic N) is 3. The number of hydrogen-bond acceptors (Lipinski definition) is 2. The van der Waals surface area contributed by atoms with Crippen molar-refractivity contribution in [1.29, 1.82) is 5.26 Å². The van der Waals surface area contributed by atoms with Gasteiger partial charge in [-0.05, 0) is 25.7 Å². The first kappa shape index (κ1) is 12.4. The summed E-state index contributed by atoms with van der Waals surface area (Å²) < 4.78 is 1.83. The van der Waals surface area contributed by atoms with Gasteiger partial charge in [0.25, 0.3) is 0 Å². The second-order valence-electron chi connectivity index (χ2n) is 5.90. The summed E-state index contributed by atoms with van der Waals surface area (Å²) in [6, 6.07) is 2.49. The summed E-state index contributed by atoms with van der Waals surface area (Å²) >= 11 is 6.28.